The van der Waals surface area contributed by atoms with Gasteiger partial charge in [0.05, 0.1) is 20.5 Å². The molecule has 0 radical (unpaired) electrons. The first-order valence-electron chi connectivity index (χ1n) is 6.67. The average Bonchev–Trinajstić information content (AvgIpc) is 2.99. The Bertz CT molecular complexity index is 526. The van der Waals surface area contributed by atoms with Crippen molar-refractivity contribution >= 4 is 0 Å². The Morgan fingerprint density at radius 2 is 2.15 bits per heavy atom. The van der Waals surface area contributed by atoms with Gasteiger partial charge in [-0.05, 0) is 25.1 Å². The number of nitrogens with zero attached hydrogens (tertiary/aromatic N) is 1. The van der Waals surface area contributed by atoms with E-state index in [1.165, 1.54) is 0 Å². The third-order valence-electron chi connectivity index (χ3n) is 3.30. The Hall–Kier alpha value is -2.01. The lowest BCUT2D eigenvalue weighted by Gasteiger charge is -2.18. The molecule has 0 aliphatic heterocycles. The SMILES string of the molecule is COc1ccc(OC)c(C(C)NCCc2cnc[nH]2)c1. The van der Waals surface area contributed by atoms with Gasteiger partial charge in [-0.2, -0.15) is 0 Å². The second-order valence-electron chi connectivity index (χ2n) is 4.61. The normalized spacial score (nSPS) is 12.2. The summed E-state index contributed by atoms with van der Waals surface area (Å²) in [6, 6.07) is 6.02. The highest BCUT2D eigenvalue weighted by Gasteiger charge is 2.12. The molecule has 0 saturated heterocycles. The van der Waals surface area contributed by atoms with Crippen LogP contribution in [0.3, 0.4) is 0 Å². The maximum atomic E-state index is 5.41. The van der Waals surface area contributed by atoms with E-state index in [2.05, 4.69) is 22.2 Å². The summed E-state index contributed by atoms with van der Waals surface area (Å²) in [5, 5.41) is 3.48. The van der Waals surface area contributed by atoms with E-state index in [1.807, 2.05) is 24.4 Å². The first-order valence-corrected chi connectivity index (χ1v) is 6.67. The Morgan fingerprint density at radius 1 is 1.30 bits per heavy atom. The van der Waals surface area contributed by atoms with E-state index >= 15 is 0 Å². The zero-order valence-corrected chi connectivity index (χ0v) is 12.1. The summed E-state index contributed by atoms with van der Waals surface area (Å²) in [6.45, 7) is 2.98. The third kappa shape index (κ3) is 3.51. The van der Waals surface area contributed by atoms with Crippen molar-refractivity contribution in [3.05, 3.63) is 42.0 Å². The maximum absolute atomic E-state index is 5.41. The minimum Gasteiger partial charge on any atom is -0.497 e. The van der Waals surface area contributed by atoms with Gasteiger partial charge in [0, 0.05) is 36.5 Å². The van der Waals surface area contributed by atoms with E-state index in [0.29, 0.717) is 0 Å². The van der Waals surface area contributed by atoms with Crippen LogP contribution >= 0.6 is 0 Å². The van der Waals surface area contributed by atoms with Crippen molar-refractivity contribution in [1.82, 2.24) is 15.3 Å². The summed E-state index contributed by atoms with van der Waals surface area (Å²) in [5.41, 5.74) is 2.22. The van der Waals surface area contributed by atoms with E-state index < -0.39 is 0 Å². The second kappa shape index (κ2) is 6.96. The predicted molar refractivity (Wildman–Crippen MR) is 78.3 cm³/mol. The molecule has 5 nitrogen and oxygen atoms in total. The molecule has 0 aliphatic rings. The number of methoxy groups -OCH3 is 2. The zero-order chi connectivity index (χ0) is 14.4. The second-order valence-corrected chi connectivity index (χ2v) is 4.61. The fourth-order valence-electron chi connectivity index (χ4n) is 2.13. The molecule has 0 fully saturated rings. The van der Waals surface area contributed by atoms with Crippen molar-refractivity contribution in [3.8, 4) is 11.5 Å². The lowest BCUT2D eigenvalue weighted by Crippen LogP contribution is -2.22. The van der Waals surface area contributed by atoms with Crippen LogP contribution in [-0.4, -0.2) is 30.7 Å². The highest BCUT2D eigenvalue weighted by atomic mass is 16.5. The molecule has 2 rings (SSSR count). The summed E-state index contributed by atoms with van der Waals surface area (Å²) in [4.78, 5) is 7.10. The average molecular weight is 275 g/mol. The smallest absolute Gasteiger partial charge is 0.123 e. The molecule has 5 heteroatoms. The Balaban J connectivity index is 1.98. The number of H-pyrrole nitrogens is 1. The van der Waals surface area contributed by atoms with Crippen molar-refractivity contribution in [3.63, 3.8) is 0 Å². The number of nitrogens with one attached hydrogen (secondary N) is 2. The highest BCUT2D eigenvalue weighted by molar-refractivity contribution is 5.42. The van der Waals surface area contributed by atoms with E-state index in [-0.39, 0.29) is 6.04 Å². The molecule has 108 valence electrons. The van der Waals surface area contributed by atoms with E-state index in [4.69, 9.17) is 9.47 Å². The monoisotopic (exact) mass is 275 g/mol. The molecule has 2 N–H and O–H groups in total. The van der Waals surface area contributed by atoms with Gasteiger partial charge in [0.15, 0.2) is 0 Å². The van der Waals surface area contributed by atoms with Crippen LogP contribution in [0.4, 0.5) is 0 Å². The van der Waals surface area contributed by atoms with Gasteiger partial charge in [0.25, 0.3) is 0 Å². The van der Waals surface area contributed by atoms with E-state index in [1.54, 1.807) is 20.5 Å². The van der Waals surface area contributed by atoms with Crippen molar-refractivity contribution in [2.24, 2.45) is 0 Å². The van der Waals surface area contributed by atoms with Gasteiger partial charge in [0.2, 0.25) is 0 Å². The molecular formula is C15H21N3O2. The van der Waals surface area contributed by atoms with E-state index in [9.17, 15) is 0 Å². The number of aromatic nitrogens is 2. The molecule has 1 aromatic carbocycles. The lowest BCUT2D eigenvalue weighted by atomic mass is 10.1. The molecule has 1 atom stereocenters. The lowest BCUT2D eigenvalue weighted by molar-refractivity contribution is 0.392. The van der Waals surface area contributed by atoms with Gasteiger partial charge in [-0.25, -0.2) is 4.98 Å². The first kappa shape index (κ1) is 14.4. The van der Waals surface area contributed by atoms with Gasteiger partial charge in [-0.15, -0.1) is 0 Å². The summed E-state index contributed by atoms with van der Waals surface area (Å²) in [6.07, 6.45) is 4.46. The van der Waals surface area contributed by atoms with Gasteiger partial charge < -0.3 is 19.8 Å². The fourth-order valence-corrected chi connectivity index (χ4v) is 2.13. The van der Waals surface area contributed by atoms with Crippen LogP contribution in [0.25, 0.3) is 0 Å². The molecular weight excluding hydrogens is 254 g/mol. The molecule has 0 amide bonds. The van der Waals surface area contributed by atoms with Crippen LogP contribution in [0.1, 0.15) is 24.2 Å². The van der Waals surface area contributed by atoms with E-state index in [0.717, 1.165) is 35.7 Å². The minimum atomic E-state index is 0.183. The molecule has 1 heterocycles. The number of benzene rings is 1. The molecule has 0 saturated carbocycles. The topological polar surface area (TPSA) is 59.2 Å². The summed E-state index contributed by atoms with van der Waals surface area (Å²) < 4.78 is 10.7. The summed E-state index contributed by atoms with van der Waals surface area (Å²) in [5.74, 6) is 1.70. The summed E-state index contributed by atoms with van der Waals surface area (Å²) >= 11 is 0. The molecule has 1 aromatic heterocycles. The predicted octanol–water partition coefficient (Wildman–Crippen LogP) is 2.32. The summed E-state index contributed by atoms with van der Waals surface area (Å²) in [7, 11) is 3.35. The Labute approximate surface area is 119 Å². The molecule has 1 unspecified atom stereocenters. The standard InChI is InChI=1S/C15H21N3O2/c1-11(17-7-6-12-9-16-10-18-12)14-8-13(19-2)4-5-15(14)20-3/h4-5,8-11,17H,6-7H2,1-3H3,(H,16,18). The Kier molecular flexibility index (Phi) is 5.01. The van der Waals surface area contributed by atoms with Gasteiger partial charge in [0.1, 0.15) is 11.5 Å². The quantitative estimate of drug-likeness (QED) is 0.814. The highest BCUT2D eigenvalue weighted by Crippen LogP contribution is 2.29. The maximum Gasteiger partial charge on any atom is 0.123 e. The van der Waals surface area contributed by atoms with Crippen LogP contribution < -0.4 is 14.8 Å². The van der Waals surface area contributed by atoms with Crippen LogP contribution in [0.5, 0.6) is 11.5 Å². The van der Waals surface area contributed by atoms with Gasteiger partial charge in [-0.3, -0.25) is 0 Å². The third-order valence-corrected chi connectivity index (χ3v) is 3.30. The Morgan fingerprint density at radius 3 is 2.80 bits per heavy atom. The molecule has 2 aromatic rings. The molecule has 0 spiro atoms. The molecule has 20 heavy (non-hydrogen) atoms. The van der Waals surface area contributed by atoms with Crippen LogP contribution in [0.2, 0.25) is 0 Å². The molecule has 0 aliphatic carbocycles. The molecule has 0 bridgehead atoms. The number of imidazole rings is 1. The van der Waals surface area contributed by atoms with Crippen molar-refractivity contribution in [1.29, 1.82) is 0 Å². The van der Waals surface area contributed by atoms with Crippen LogP contribution in [-0.2, 0) is 6.42 Å². The number of aromatic amines is 1. The zero-order valence-electron chi connectivity index (χ0n) is 12.1. The van der Waals surface area contributed by atoms with Gasteiger partial charge >= 0.3 is 0 Å². The van der Waals surface area contributed by atoms with Gasteiger partial charge in [-0.1, -0.05) is 0 Å². The van der Waals surface area contributed by atoms with Crippen molar-refractivity contribution in [2.45, 2.75) is 19.4 Å². The van der Waals surface area contributed by atoms with Crippen molar-refractivity contribution in [2.75, 3.05) is 20.8 Å². The largest absolute Gasteiger partial charge is 0.497 e. The number of ether oxygens (including phenoxy) is 2. The van der Waals surface area contributed by atoms with Crippen LogP contribution in [0, 0.1) is 0 Å². The number of hydrogen-bond donors (Lipinski definition) is 2. The minimum absolute atomic E-state index is 0.183. The number of rotatable bonds is 7. The number of hydrogen-bond acceptors (Lipinski definition) is 4. The van der Waals surface area contributed by atoms with Crippen LogP contribution in [0.15, 0.2) is 30.7 Å². The van der Waals surface area contributed by atoms with Crippen molar-refractivity contribution < 1.29 is 9.47 Å². The fraction of sp³-hybridized carbons (Fsp3) is 0.400. The first-order chi connectivity index (χ1) is 9.74.